The van der Waals surface area contributed by atoms with Gasteiger partial charge in [0, 0.05) is 0 Å². The van der Waals surface area contributed by atoms with Gasteiger partial charge >= 0.3 is 0 Å². The lowest BCUT2D eigenvalue weighted by Crippen LogP contribution is -2.60. The van der Waals surface area contributed by atoms with Crippen molar-refractivity contribution in [2.45, 2.75) is 332 Å². The third kappa shape index (κ3) is 38.0. The molecule has 11 nitrogen and oxygen atoms in total. The minimum atomic E-state index is -1.67. The van der Waals surface area contributed by atoms with Crippen LogP contribution in [0.5, 0.6) is 0 Å². The lowest BCUT2D eigenvalue weighted by molar-refractivity contribution is -0.303. The summed E-state index contributed by atoms with van der Waals surface area (Å²) in [6.07, 6.45) is 50.6. The topological polar surface area (TPSA) is 189 Å². The smallest absolute Gasteiger partial charge is 0.249 e. The molecule has 0 spiro atoms. The van der Waals surface area contributed by atoms with Crippen molar-refractivity contribution in [2.24, 2.45) is 0 Å². The molecule has 0 aromatic carbocycles. The fourth-order valence-electron chi connectivity index (χ4n) is 9.69. The van der Waals surface area contributed by atoms with Gasteiger partial charge in [0.15, 0.2) is 6.29 Å². The second-order valence-corrected chi connectivity index (χ2v) is 21.4. The summed E-state index contributed by atoms with van der Waals surface area (Å²) in [5.74, 6) is -0.710. The quantitative estimate of drug-likeness (QED) is 0.0215. The first-order valence-electron chi connectivity index (χ1n) is 30.4. The molecule has 1 heterocycles. The maximum Gasteiger partial charge on any atom is 0.249 e. The predicted molar refractivity (Wildman–Crippen MR) is 298 cm³/mol. The molecule has 0 bridgehead atoms. The summed E-state index contributed by atoms with van der Waals surface area (Å²) >= 11 is 0. The molecule has 424 valence electrons. The van der Waals surface area contributed by atoms with E-state index < -0.39 is 74.2 Å². The number of carbonyl (C=O) groups is 1. The molecule has 1 rings (SSSR count). The van der Waals surface area contributed by atoms with E-state index in [-0.39, 0.29) is 12.8 Å². The largest absolute Gasteiger partial charge is 0.394 e. The molecule has 0 aliphatic carbocycles. The molecule has 1 fully saturated rings. The zero-order valence-electron chi connectivity index (χ0n) is 46.4. The average molecular weight is 1020 g/mol. The molecule has 72 heavy (non-hydrogen) atoms. The summed E-state index contributed by atoms with van der Waals surface area (Å²) in [5.41, 5.74) is 0. The summed E-state index contributed by atoms with van der Waals surface area (Å²) < 4.78 is 11.1. The van der Waals surface area contributed by atoms with Crippen molar-refractivity contribution in [3.8, 4) is 0 Å². The van der Waals surface area contributed by atoms with E-state index in [0.29, 0.717) is 19.3 Å². The van der Waals surface area contributed by atoms with E-state index in [0.717, 1.165) is 38.5 Å². The number of hydrogen-bond donors (Lipinski definition) is 8. The zero-order chi connectivity index (χ0) is 52.5. The maximum atomic E-state index is 13.2. The van der Waals surface area contributed by atoms with Crippen LogP contribution in [0.2, 0.25) is 0 Å². The summed E-state index contributed by atoms with van der Waals surface area (Å²) in [6, 6.07) is -1.19. The monoisotopic (exact) mass is 1020 g/mol. The highest BCUT2D eigenvalue weighted by Crippen LogP contribution is 2.23. The summed E-state index contributed by atoms with van der Waals surface area (Å²) in [6.45, 7) is 3.46. The Kier molecular flexibility index (Phi) is 47.6. The first-order valence-corrected chi connectivity index (χ1v) is 30.4. The third-order valence-corrected chi connectivity index (χ3v) is 14.6. The number of allylic oxidation sites excluding steroid dienone is 6. The van der Waals surface area contributed by atoms with Crippen LogP contribution in [0.25, 0.3) is 0 Å². The average Bonchev–Trinajstić information content (AvgIpc) is 3.38. The van der Waals surface area contributed by atoms with Gasteiger partial charge in [-0.05, 0) is 77.0 Å². The van der Waals surface area contributed by atoms with E-state index in [1.165, 1.54) is 193 Å². The third-order valence-electron chi connectivity index (χ3n) is 14.6. The molecular weight excluding hydrogens is 907 g/mol. The van der Waals surface area contributed by atoms with Crippen molar-refractivity contribution in [1.29, 1.82) is 0 Å². The van der Waals surface area contributed by atoms with Crippen molar-refractivity contribution in [3.63, 3.8) is 0 Å². The van der Waals surface area contributed by atoms with Gasteiger partial charge in [0.05, 0.1) is 25.4 Å². The maximum absolute atomic E-state index is 13.2. The van der Waals surface area contributed by atoms with Crippen LogP contribution in [-0.2, 0) is 14.3 Å². The van der Waals surface area contributed by atoms with Gasteiger partial charge in [-0.2, -0.15) is 0 Å². The van der Waals surface area contributed by atoms with Crippen molar-refractivity contribution in [3.05, 3.63) is 36.5 Å². The highest BCUT2D eigenvalue weighted by molar-refractivity contribution is 5.80. The summed E-state index contributed by atoms with van der Waals surface area (Å²) in [7, 11) is 0. The molecule has 0 saturated carbocycles. The lowest BCUT2D eigenvalue weighted by atomic mass is 9.98. The zero-order valence-corrected chi connectivity index (χ0v) is 46.4. The number of carbonyl (C=O) groups excluding carboxylic acids is 1. The molecule has 9 unspecified atom stereocenters. The molecule has 0 aromatic rings. The van der Waals surface area contributed by atoms with Gasteiger partial charge in [-0.25, -0.2) is 0 Å². The van der Waals surface area contributed by atoms with Gasteiger partial charge in [-0.15, -0.1) is 0 Å². The van der Waals surface area contributed by atoms with Gasteiger partial charge in [0.2, 0.25) is 5.91 Å². The molecule has 0 radical (unpaired) electrons. The molecule has 8 N–H and O–H groups in total. The van der Waals surface area contributed by atoms with E-state index in [2.05, 4.69) is 55.6 Å². The molecule has 1 aliphatic heterocycles. The first kappa shape index (κ1) is 68.3. The van der Waals surface area contributed by atoms with Crippen LogP contribution in [0.3, 0.4) is 0 Å². The number of rotatable bonds is 52. The van der Waals surface area contributed by atoms with Gasteiger partial charge in [0.1, 0.15) is 36.6 Å². The normalized spacial score (nSPS) is 20.3. The van der Waals surface area contributed by atoms with Crippen LogP contribution in [0, 0.1) is 0 Å². The number of unbranched alkanes of at least 4 members (excludes halogenated alkanes) is 34. The van der Waals surface area contributed by atoms with Gasteiger partial charge in [-0.1, -0.05) is 237 Å². The Labute approximate surface area is 441 Å². The van der Waals surface area contributed by atoms with Crippen LogP contribution in [0.4, 0.5) is 0 Å². The number of hydrogen-bond acceptors (Lipinski definition) is 10. The molecule has 9 atom stereocenters. The highest BCUT2D eigenvalue weighted by atomic mass is 16.7. The minimum Gasteiger partial charge on any atom is -0.394 e. The standard InChI is InChI=1S/C61H115NO10/c1-3-5-7-9-11-13-15-17-19-21-23-25-26-27-28-29-31-33-35-37-39-41-43-45-47-49-54(65)60(70)62-52(51-71-61-59(69)58(68)57(67)55(50-63)72-61)56(66)53(64)48-46-44-42-40-38-36-34-32-30-24-22-20-18-16-14-12-10-8-6-4-2/h27-28,32,34,40,42,52-59,61,63-69H,3-26,29-31,33,35-39,41,43-51H2,1-2H3,(H,62,70)/b28-27-,34-32+,42-40+. The van der Waals surface area contributed by atoms with Crippen LogP contribution in [-0.4, -0.2) is 110 Å². The second-order valence-electron chi connectivity index (χ2n) is 21.4. The number of aliphatic hydroxyl groups is 7. The number of amides is 1. The Balaban J connectivity index is 2.31. The number of ether oxygens (including phenoxy) is 2. The molecule has 1 aliphatic rings. The van der Waals surface area contributed by atoms with Crippen molar-refractivity contribution in [1.82, 2.24) is 5.32 Å². The lowest BCUT2D eigenvalue weighted by Gasteiger charge is -2.40. The minimum absolute atomic E-state index is 0.246. The molecule has 0 aromatic heterocycles. The van der Waals surface area contributed by atoms with Gasteiger partial charge in [0.25, 0.3) is 0 Å². The Hall–Kier alpha value is -1.67. The molecule has 1 amide bonds. The van der Waals surface area contributed by atoms with Crippen LogP contribution >= 0.6 is 0 Å². The number of nitrogens with one attached hydrogen (secondary N) is 1. The summed E-state index contributed by atoms with van der Waals surface area (Å²) in [5, 5.41) is 76.2. The Bertz CT molecular complexity index is 1260. The second kappa shape index (κ2) is 50.2. The molecule has 1 saturated heterocycles. The number of aliphatic hydroxyl groups excluding tert-OH is 7. The Morgan fingerprint density at radius 3 is 1.24 bits per heavy atom. The van der Waals surface area contributed by atoms with Crippen LogP contribution < -0.4 is 5.32 Å². The highest BCUT2D eigenvalue weighted by Gasteiger charge is 2.44. The Morgan fingerprint density at radius 1 is 0.472 bits per heavy atom. The predicted octanol–water partition coefficient (Wildman–Crippen LogP) is 13.1. The van der Waals surface area contributed by atoms with Crippen LogP contribution in [0.1, 0.15) is 277 Å². The van der Waals surface area contributed by atoms with Crippen molar-refractivity contribution in [2.75, 3.05) is 13.2 Å². The first-order chi connectivity index (χ1) is 35.2. The summed E-state index contributed by atoms with van der Waals surface area (Å²) in [4.78, 5) is 13.2. The SMILES string of the molecule is CCCCCCCCCCCCC/C=C/CC/C=C/CCCC(O)C(O)C(COC1OC(CO)C(O)C(O)C1O)NC(=O)C(O)CCCCCCCCCCC/C=C\CCCCCCCCCCCCCC. The molecule has 11 heteroatoms. The van der Waals surface area contributed by atoms with Crippen molar-refractivity contribution >= 4 is 5.91 Å². The van der Waals surface area contributed by atoms with E-state index in [9.17, 15) is 40.5 Å². The van der Waals surface area contributed by atoms with E-state index in [4.69, 9.17) is 9.47 Å². The van der Waals surface area contributed by atoms with E-state index in [1.807, 2.05) is 0 Å². The van der Waals surface area contributed by atoms with Gasteiger partial charge < -0.3 is 50.5 Å². The van der Waals surface area contributed by atoms with Crippen molar-refractivity contribution < 1.29 is 50.0 Å². The van der Waals surface area contributed by atoms with Gasteiger partial charge in [-0.3, -0.25) is 4.79 Å². The van der Waals surface area contributed by atoms with Crippen LogP contribution in [0.15, 0.2) is 36.5 Å². The fraction of sp³-hybridized carbons (Fsp3) is 0.885. The fourth-order valence-corrected chi connectivity index (χ4v) is 9.69. The van der Waals surface area contributed by atoms with E-state index in [1.54, 1.807) is 0 Å². The van der Waals surface area contributed by atoms with E-state index >= 15 is 0 Å². The molecular formula is C61H115NO10. The Morgan fingerprint density at radius 2 is 0.833 bits per heavy atom.